The van der Waals surface area contributed by atoms with Gasteiger partial charge in [0.1, 0.15) is 0 Å². The Morgan fingerprint density at radius 3 is 2.40 bits per heavy atom. The Morgan fingerprint density at radius 2 is 1.90 bits per heavy atom. The van der Waals surface area contributed by atoms with E-state index in [9.17, 15) is 0 Å². The molecule has 2 heteroatoms. The minimum Gasteiger partial charge on any atom is -0.325 e. The van der Waals surface area contributed by atoms with Gasteiger partial charge >= 0.3 is 0 Å². The van der Waals surface area contributed by atoms with E-state index in [4.69, 9.17) is 4.55 Å². The Bertz CT molecular complexity index is 233. The zero-order chi connectivity index (χ0) is 7.56. The van der Waals surface area contributed by atoms with E-state index in [1.54, 1.807) is 0 Å². The fourth-order valence-corrected chi connectivity index (χ4v) is 1.13. The van der Waals surface area contributed by atoms with Gasteiger partial charge in [-0.15, -0.1) is 0 Å². The van der Waals surface area contributed by atoms with Crippen molar-refractivity contribution in [2.45, 2.75) is 18.7 Å². The van der Waals surface area contributed by atoms with Gasteiger partial charge in [-0.3, -0.25) is 0 Å². The van der Waals surface area contributed by atoms with Gasteiger partial charge in [0.05, 0.1) is 0 Å². The highest BCUT2D eigenvalue weighted by Crippen LogP contribution is 2.17. The topological polar surface area (TPSA) is 20.2 Å². The molecule has 0 unspecified atom stereocenters. The molecule has 0 aromatic heterocycles. The molecule has 1 N–H and O–H groups in total. The average Bonchev–Trinajstić information content (AvgIpc) is 1.95. The van der Waals surface area contributed by atoms with Gasteiger partial charge in [0.25, 0.3) is 0 Å². The number of hydrogen-bond acceptors (Lipinski definition) is 2. The Kier molecular flexibility index (Phi) is 2.35. The molecule has 1 aromatic rings. The largest absolute Gasteiger partial charge is 0.325 e. The molecule has 1 nitrogen and oxygen atoms in total. The van der Waals surface area contributed by atoms with Crippen molar-refractivity contribution in [1.82, 2.24) is 0 Å². The lowest BCUT2D eigenvalue weighted by Gasteiger charge is -1.99. The molecular formula is C8H10OS. The first kappa shape index (κ1) is 7.63. The van der Waals surface area contributed by atoms with Crippen LogP contribution in [-0.2, 0) is 0 Å². The van der Waals surface area contributed by atoms with Crippen molar-refractivity contribution >= 4 is 12.0 Å². The van der Waals surface area contributed by atoms with Crippen LogP contribution in [0.1, 0.15) is 11.1 Å². The summed E-state index contributed by atoms with van der Waals surface area (Å²) in [5, 5.41) is 0. The first-order valence-electron chi connectivity index (χ1n) is 3.12. The Morgan fingerprint density at radius 1 is 1.20 bits per heavy atom. The molecule has 0 fully saturated rings. The average molecular weight is 154 g/mol. The molecule has 0 saturated carbocycles. The normalized spacial score (nSPS) is 9.90. The number of benzene rings is 1. The standard InChI is InChI=1S/C8H10OS/c1-6-3-4-8(10-9)5-7(6)2/h3-5,9H,1-2H3. The van der Waals surface area contributed by atoms with Crippen molar-refractivity contribution in [2.24, 2.45) is 0 Å². The van der Waals surface area contributed by atoms with E-state index in [0.29, 0.717) is 0 Å². The van der Waals surface area contributed by atoms with E-state index < -0.39 is 0 Å². The van der Waals surface area contributed by atoms with E-state index in [1.807, 2.05) is 25.1 Å². The summed E-state index contributed by atoms with van der Waals surface area (Å²) in [7, 11) is 0. The fourth-order valence-electron chi connectivity index (χ4n) is 0.771. The van der Waals surface area contributed by atoms with Crippen LogP contribution >= 0.6 is 12.0 Å². The van der Waals surface area contributed by atoms with Crippen molar-refractivity contribution in [3.8, 4) is 0 Å². The highest BCUT2D eigenvalue weighted by Gasteiger charge is 1.93. The molecule has 0 amide bonds. The van der Waals surface area contributed by atoms with Crippen LogP contribution < -0.4 is 0 Å². The van der Waals surface area contributed by atoms with Gasteiger partial charge in [-0.25, -0.2) is 0 Å². The van der Waals surface area contributed by atoms with Crippen molar-refractivity contribution < 1.29 is 4.55 Å². The molecule has 0 aliphatic rings. The molecule has 0 atom stereocenters. The molecule has 0 spiro atoms. The highest BCUT2D eigenvalue weighted by molar-refractivity contribution is 7.93. The third-order valence-corrected chi connectivity index (χ3v) is 2.05. The maximum atomic E-state index is 8.67. The third kappa shape index (κ3) is 1.52. The zero-order valence-corrected chi connectivity index (χ0v) is 6.90. The zero-order valence-electron chi connectivity index (χ0n) is 6.09. The molecule has 1 aromatic carbocycles. The minimum atomic E-state index is 0.792. The van der Waals surface area contributed by atoms with E-state index in [-0.39, 0.29) is 0 Å². The van der Waals surface area contributed by atoms with Crippen LogP contribution in [-0.4, -0.2) is 4.55 Å². The van der Waals surface area contributed by atoms with Gasteiger partial charge in [-0.2, -0.15) is 0 Å². The molecule has 0 saturated heterocycles. The molecular weight excluding hydrogens is 144 g/mol. The quantitative estimate of drug-likeness (QED) is 0.628. The predicted molar refractivity (Wildman–Crippen MR) is 44.4 cm³/mol. The Hall–Kier alpha value is -0.470. The summed E-state index contributed by atoms with van der Waals surface area (Å²) >= 11 is 0.792. The number of aryl methyl sites for hydroxylation is 2. The second-order valence-corrected chi connectivity index (χ2v) is 2.99. The first-order valence-corrected chi connectivity index (χ1v) is 3.90. The number of hydrogen-bond donors (Lipinski definition) is 1. The van der Waals surface area contributed by atoms with Crippen LogP contribution in [0.15, 0.2) is 23.1 Å². The lowest BCUT2D eigenvalue weighted by molar-refractivity contribution is 0.663. The van der Waals surface area contributed by atoms with E-state index in [1.165, 1.54) is 11.1 Å². The van der Waals surface area contributed by atoms with Crippen molar-refractivity contribution in [2.75, 3.05) is 0 Å². The molecule has 0 bridgehead atoms. The van der Waals surface area contributed by atoms with Crippen LogP contribution in [0.3, 0.4) is 0 Å². The molecule has 0 aliphatic carbocycles. The van der Waals surface area contributed by atoms with Crippen LogP contribution in [0.2, 0.25) is 0 Å². The second-order valence-electron chi connectivity index (χ2n) is 2.34. The maximum Gasteiger partial charge on any atom is 0.0353 e. The van der Waals surface area contributed by atoms with Crippen LogP contribution in [0, 0.1) is 13.8 Å². The van der Waals surface area contributed by atoms with Gasteiger partial charge in [0, 0.05) is 16.9 Å². The fraction of sp³-hybridized carbons (Fsp3) is 0.250. The third-order valence-electron chi connectivity index (χ3n) is 1.58. The lowest BCUT2D eigenvalue weighted by Crippen LogP contribution is -1.79. The second kappa shape index (κ2) is 3.08. The molecule has 0 aliphatic heterocycles. The summed E-state index contributed by atoms with van der Waals surface area (Å²) in [5.74, 6) is 0. The summed E-state index contributed by atoms with van der Waals surface area (Å²) in [6.07, 6.45) is 0. The highest BCUT2D eigenvalue weighted by atomic mass is 32.2. The summed E-state index contributed by atoms with van der Waals surface area (Å²) in [6, 6.07) is 5.89. The Balaban J connectivity index is 3.04. The monoisotopic (exact) mass is 154 g/mol. The van der Waals surface area contributed by atoms with Gasteiger partial charge < -0.3 is 4.55 Å². The summed E-state index contributed by atoms with van der Waals surface area (Å²) in [5.41, 5.74) is 2.48. The summed E-state index contributed by atoms with van der Waals surface area (Å²) in [6.45, 7) is 4.09. The maximum absolute atomic E-state index is 8.67. The molecule has 1 rings (SSSR count). The SMILES string of the molecule is Cc1ccc(SO)cc1C. The van der Waals surface area contributed by atoms with Gasteiger partial charge in [-0.05, 0) is 37.1 Å². The summed E-state index contributed by atoms with van der Waals surface area (Å²) < 4.78 is 8.67. The van der Waals surface area contributed by atoms with Gasteiger partial charge in [-0.1, -0.05) is 6.07 Å². The first-order chi connectivity index (χ1) is 4.74. The van der Waals surface area contributed by atoms with Crippen LogP contribution in [0.5, 0.6) is 0 Å². The number of rotatable bonds is 1. The molecule has 0 heterocycles. The predicted octanol–water partition coefficient (Wildman–Crippen LogP) is 2.87. The van der Waals surface area contributed by atoms with Crippen LogP contribution in [0.4, 0.5) is 0 Å². The lowest BCUT2D eigenvalue weighted by atomic mass is 10.1. The molecule has 0 radical (unpaired) electrons. The molecule has 54 valence electrons. The van der Waals surface area contributed by atoms with E-state index >= 15 is 0 Å². The van der Waals surface area contributed by atoms with Crippen molar-refractivity contribution in [1.29, 1.82) is 0 Å². The van der Waals surface area contributed by atoms with E-state index in [0.717, 1.165) is 16.9 Å². The van der Waals surface area contributed by atoms with Crippen molar-refractivity contribution in [3.05, 3.63) is 29.3 Å². The summed E-state index contributed by atoms with van der Waals surface area (Å²) in [4.78, 5) is 0.906. The van der Waals surface area contributed by atoms with Gasteiger partial charge in [0.15, 0.2) is 0 Å². The Labute approximate surface area is 65.3 Å². The van der Waals surface area contributed by atoms with Crippen molar-refractivity contribution in [3.63, 3.8) is 0 Å². The van der Waals surface area contributed by atoms with Crippen LogP contribution in [0.25, 0.3) is 0 Å². The van der Waals surface area contributed by atoms with E-state index in [2.05, 4.69) is 6.92 Å². The van der Waals surface area contributed by atoms with Gasteiger partial charge in [0.2, 0.25) is 0 Å². The molecule has 10 heavy (non-hydrogen) atoms. The smallest absolute Gasteiger partial charge is 0.0353 e. The minimum absolute atomic E-state index is 0.792.